The molecule has 0 fully saturated rings. The molecule has 2 aliphatic rings. The smallest absolute Gasteiger partial charge is 0.277 e. The van der Waals surface area contributed by atoms with Gasteiger partial charge in [-0.1, -0.05) is 11.6 Å². The van der Waals surface area contributed by atoms with E-state index in [1.54, 1.807) is 23.0 Å². The third-order valence-corrected chi connectivity index (χ3v) is 8.06. The molecule has 6 rings (SSSR count). The van der Waals surface area contributed by atoms with Crippen molar-refractivity contribution in [2.45, 2.75) is 70.9 Å². The molecule has 0 aromatic carbocycles. The van der Waals surface area contributed by atoms with Crippen molar-refractivity contribution >= 4 is 17.5 Å². The molecule has 4 aromatic rings. The molecule has 0 saturated heterocycles. The summed E-state index contributed by atoms with van der Waals surface area (Å²) < 4.78 is 21.6. The van der Waals surface area contributed by atoms with E-state index in [1.165, 1.54) is 19.2 Å². The number of rotatable bonds is 5. The monoisotopic (exact) mass is 588 g/mol. The number of fused-ring (bicyclic) bond motifs is 4. The second-order valence-electron chi connectivity index (χ2n) is 11.3. The van der Waals surface area contributed by atoms with Crippen LogP contribution in [-0.4, -0.2) is 30.4 Å². The van der Waals surface area contributed by atoms with Gasteiger partial charge in [-0.15, -0.1) is 0 Å². The van der Waals surface area contributed by atoms with Gasteiger partial charge in [-0.25, -0.2) is 14.4 Å². The molecule has 1 unspecified atom stereocenters. The number of aryl methyl sites for hydroxylation is 3. The minimum Gasteiger partial charge on any atom is -0.482 e. The lowest BCUT2D eigenvalue weighted by Crippen LogP contribution is -2.41. The summed E-state index contributed by atoms with van der Waals surface area (Å²) in [5, 5.41) is 2.84. The largest absolute Gasteiger partial charge is 0.482 e. The Labute approximate surface area is 247 Å². The van der Waals surface area contributed by atoms with Crippen molar-refractivity contribution in [2.24, 2.45) is 0 Å². The van der Waals surface area contributed by atoms with Gasteiger partial charge in [0.1, 0.15) is 22.7 Å². The summed E-state index contributed by atoms with van der Waals surface area (Å²) in [6.07, 6.45) is 8.67. The second-order valence-corrected chi connectivity index (χ2v) is 11.7. The van der Waals surface area contributed by atoms with E-state index >= 15 is 0 Å². The minimum absolute atomic E-state index is 0.0272. The number of nitrogens with one attached hydrogen (secondary N) is 1. The Hall–Kier alpha value is -4.18. The number of ether oxygens (including phenoxy) is 1. The zero-order chi connectivity index (χ0) is 29.6. The van der Waals surface area contributed by atoms with Gasteiger partial charge in [-0.3, -0.25) is 24.1 Å². The van der Waals surface area contributed by atoms with Crippen LogP contribution in [-0.2, 0) is 29.6 Å². The van der Waals surface area contributed by atoms with Crippen LogP contribution in [0.15, 0.2) is 47.7 Å². The van der Waals surface area contributed by atoms with Crippen LogP contribution in [0.2, 0.25) is 5.02 Å². The van der Waals surface area contributed by atoms with E-state index in [2.05, 4.69) is 20.3 Å². The SMILES string of the molecule is CC(=O)NC(C)(C)c1nccc(-c2cc3c(cn2)CCCCc2cc(OC4CCc5cc(F)cnc54)c(Cl)c(=O)n2-3)n1. The van der Waals surface area contributed by atoms with Crippen molar-refractivity contribution in [2.75, 3.05) is 0 Å². The first-order valence-corrected chi connectivity index (χ1v) is 14.4. The summed E-state index contributed by atoms with van der Waals surface area (Å²) in [6.45, 7) is 5.11. The molecule has 216 valence electrons. The highest BCUT2D eigenvalue weighted by atomic mass is 35.5. The number of carbonyl (C=O) groups is 1. The van der Waals surface area contributed by atoms with E-state index in [0.29, 0.717) is 53.6 Å². The quantitative estimate of drug-likeness (QED) is 0.341. The van der Waals surface area contributed by atoms with Gasteiger partial charge in [0.05, 0.1) is 34.5 Å². The topological polar surface area (TPSA) is 112 Å². The first-order chi connectivity index (χ1) is 20.1. The fourth-order valence-electron chi connectivity index (χ4n) is 5.75. The van der Waals surface area contributed by atoms with Crippen LogP contribution in [0.3, 0.4) is 0 Å². The molecule has 5 heterocycles. The summed E-state index contributed by atoms with van der Waals surface area (Å²) in [5.74, 6) is 0.173. The maximum absolute atomic E-state index is 13.9. The summed E-state index contributed by atoms with van der Waals surface area (Å²) in [5.41, 5.74) is 3.82. The molecule has 0 spiro atoms. The van der Waals surface area contributed by atoms with Gasteiger partial charge in [0, 0.05) is 31.1 Å². The van der Waals surface area contributed by atoms with Crippen LogP contribution < -0.4 is 15.6 Å². The molecular formula is C31H30ClFN6O3. The number of hydrogen-bond donors (Lipinski definition) is 1. The Kier molecular flexibility index (Phi) is 7.26. The standard InChI is InChI=1S/C31H30ClFN6O3/c1-17(40)38-31(2,3)30-34-11-10-22(37-30)23-14-24-19(15-35-23)6-4-5-7-21-13-26(27(32)29(41)39(21)24)42-25-9-8-18-12-20(33)16-36-28(18)25/h10-16,25H,4-9H2,1-3H3,(H,38,40). The molecule has 1 amide bonds. The van der Waals surface area contributed by atoms with E-state index in [1.807, 2.05) is 26.0 Å². The van der Waals surface area contributed by atoms with E-state index in [9.17, 15) is 14.0 Å². The number of hydrogen-bond acceptors (Lipinski definition) is 7. The molecule has 42 heavy (non-hydrogen) atoms. The fourth-order valence-corrected chi connectivity index (χ4v) is 5.94. The fraction of sp³-hybridized carbons (Fsp3) is 0.355. The Bertz CT molecular complexity index is 1770. The van der Waals surface area contributed by atoms with E-state index in [4.69, 9.17) is 21.3 Å². The molecule has 1 aliphatic carbocycles. The van der Waals surface area contributed by atoms with Crippen LogP contribution in [0.4, 0.5) is 4.39 Å². The highest BCUT2D eigenvalue weighted by Crippen LogP contribution is 2.37. The van der Waals surface area contributed by atoms with Crippen molar-refractivity contribution in [3.05, 3.63) is 92.4 Å². The van der Waals surface area contributed by atoms with Gasteiger partial charge in [0.2, 0.25) is 5.91 Å². The van der Waals surface area contributed by atoms with Crippen molar-refractivity contribution in [1.82, 2.24) is 29.8 Å². The van der Waals surface area contributed by atoms with E-state index in [-0.39, 0.29) is 22.3 Å². The predicted octanol–water partition coefficient (Wildman–Crippen LogP) is 5.19. The number of aromatic nitrogens is 5. The average Bonchev–Trinajstić information content (AvgIpc) is 3.33. The third-order valence-electron chi connectivity index (χ3n) is 7.71. The Morgan fingerprint density at radius 1 is 1.07 bits per heavy atom. The lowest BCUT2D eigenvalue weighted by Gasteiger charge is -2.24. The van der Waals surface area contributed by atoms with Crippen molar-refractivity contribution in [3.63, 3.8) is 0 Å². The third kappa shape index (κ3) is 5.27. The minimum atomic E-state index is -0.789. The first-order valence-electron chi connectivity index (χ1n) is 14.0. The normalized spacial score (nSPS) is 16.1. The molecule has 1 N–H and O–H groups in total. The molecule has 9 nitrogen and oxygen atoms in total. The number of pyridine rings is 3. The molecule has 1 aliphatic heterocycles. The number of halogens is 2. The van der Waals surface area contributed by atoms with E-state index < -0.39 is 11.6 Å². The van der Waals surface area contributed by atoms with Crippen LogP contribution in [0.1, 0.15) is 74.5 Å². The second kappa shape index (κ2) is 10.9. The number of nitrogens with zero attached hydrogens (tertiary/aromatic N) is 5. The molecule has 0 bridgehead atoms. The summed E-state index contributed by atoms with van der Waals surface area (Å²) >= 11 is 6.68. The van der Waals surface area contributed by atoms with Gasteiger partial charge in [0.25, 0.3) is 5.56 Å². The Balaban J connectivity index is 1.40. The van der Waals surface area contributed by atoms with Crippen LogP contribution in [0.5, 0.6) is 5.75 Å². The molecule has 11 heteroatoms. The van der Waals surface area contributed by atoms with Gasteiger partial charge in [-0.2, -0.15) is 0 Å². The molecule has 0 radical (unpaired) electrons. The zero-order valence-corrected chi connectivity index (χ0v) is 24.3. The molecular weight excluding hydrogens is 559 g/mol. The zero-order valence-electron chi connectivity index (χ0n) is 23.6. The summed E-state index contributed by atoms with van der Waals surface area (Å²) in [4.78, 5) is 43.6. The number of carbonyl (C=O) groups excluding carboxylic acids is 1. The predicted molar refractivity (Wildman–Crippen MR) is 155 cm³/mol. The van der Waals surface area contributed by atoms with Gasteiger partial charge in [-0.05, 0) is 81.7 Å². The van der Waals surface area contributed by atoms with Crippen molar-refractivity contribution in [3.8, 4) is 22.8 Å². The Morgan fingerprint density at radius 2 is 1.88 bits per heavy atom. The molecule has 1 atom stereocenters. The average molecular weight is 589 g/mol. The van der Waals surface area contributed by atoms with Gasteiger partial charge < -0.3 is 10.1 Å². The maximum atomic E-state index is 13.9. The summed E-state index contributed by atoms with van der Waals surface area (Å²) in [7, 11) is 0. The summed E-state index contributed by atoms with van der Waals surface area (Å²) in [6, 6.07) is 6.91. The van der Waals surface area contributed by atoms with Crippen molar-refractivity contribution in [1.29, 1.82) is 0 Å². The van der Waals surface area contributed by atoms with Crippen molar-refractivity contribution < 1.29 is 13.9 Å². The van der Waals surface area contributed by atoms with Gasteiger partial charge >= 0.3 is 0 Å². The first kappa shape index (κ1) is 28.0. The van der Waals surface area contributed by atoms with Crippen LogP contribution >= 0.6 is 11.6 Å². The lowest BCUT2D eigenvalue weighted by atomic mass is 10.0. The van der Waals surface area contributed by atoms with E-state index in [0.717, 1.165) is 36.1 Å². The highest BCUT2D eigenvalue weighted by Gasteiger charge is 2.29. The van der Waals surface area contributed by atoms with Crippen LogP contribution in [0.25, 0.3) is 17.1 Å². The number of amides is 1. The Morgan fingerprint density at radius 3 is 2.69 bits per heavy atom. The maximum Gasteiger partial charge on any atom is 0.277 e. The molecule has 4 aromatic heterocycles. The van der Waals surface area contributed by atoms with Gasteiger partial charge in [0.15, 0.2) is 5.82 Å². The highest BCUT2D eigenvalue weighted by molar-refractivity contribution is 6.31. The van der Waals surface area contributed by atoms with Crippen LogP contribution in [0, 0.1) is 5.82 Å². The lowest BCUT2D eigenvalue weighted by molar-refractivity contribution is -0.120. The molecule has 0 saturated carbocycles.